The van der Waals surface area contributed by atoms with Gasteiger partial charge in [0.15, 0.2) is 0 Å². The first-order valence-electron chi connectivity index (χ1n) is 3.20. The van der Waals surface area contributed by atoms with Crippen molar-refractivity contribution in [2.75, 3.05) is 5.73 Å². The molecule has 0 aromatic carbocycles. The molecule has 0 bridgehead atoms. The van der Waals surface area contributed by atoms with Crippen molar-refractivity contribution in [1.82, 2.24) is 4.98 Å². The smallest absolute Gasteiger partial charge is 0.397 e. The molecule has 0 radical (unpaired) electrons. The molecule has 0 spiro atoms. The standard InChI is InChI=1S/C7H7F3N2/c1-4-6(7(8,9)10)2-5(11)3-12-4/h2-3H,11H2,1H3. The van der Waals surface area contributed by atoms with Crippen LogP contribution in [0.4, 0.5) is 18.9 Å². The van der Waals surface area contributed by atoms with E-state index in [4.69, 9.17) is 5.73 Å². The maximum absolute atomic E-state index is 12.1. The van der Waals surface area contributed by atoms with Gasteiger partial charge in [-0.25, -0.2) is 0 Å². The maximum atomic E-state index is 12.1. The number of nitrogen functional groups attached to an aromatic ring is 1. The zero-order valence-electron chi connectivity index (χ0n) is 6.31. The van der Waals surface area contributed by atoms with E-state index in [2.05, 4.69) is 4.98 Å². The summed E-state index contributed by atoms with van der Waals surface area (Å²) in [6, 6.07) is 0.877. The summed E-state index contributed by atoms with van der Waals surface area (Å²) in [5, 5.41) is 0. The van der Waals surface area contributed by atoms with Crippen LogP contribution in [0.3, 0.4) is 0 Å². The fraction of sp³-hybridized carbons (Fsp3) is 0.286. The molecular formula is C7H7F3N2. The van der Waals surface area contributed by atoms with Crippen molar-refractivity contribution in [1.29, 1.82) is 0 Å². The number of hydrogen-bond donors (Lipinski definition) is 1. The highest BCUT2D eigenvalue weighted by molar-refractivity contribution is 5.40. The molecule has 0 unspecified atom stereocenters. The molecule has 1 aromatic rings. The first kappa shape index (κ1) is 8.83. The number of aromatic nitrogens is 1. The highest BCUT2D eigenvalue weighted by Crippen LogP contribution is 2.31. The molecule has 1 heterocycles. The number of halogens is 3. The molecule has 0 atom stereocenters. The van der Waals surface area contributed by atoms with Crippen molar-refractivity contribution >= 4 is 5.69 Å². The zero-order chi connectivity index (χ0) is 9.35. The number of hydrogen-bond acceptors (Lipinski definition) is 2. The monoisotopic (exact) mass is 176 g/mol. The molecule has 0 saturated heterocycles. The van der Waals surface area contributed by atoms with Crippen molar-refractivity contribution in [3.05, 3.63) is 23.5 Å². The van der Waals surface area contributed by atoms with Gasteiger partial charge in [0.1, 0.15) is 0 Å². The summed E-state index contributed by atoms with van der Waals surface area (Å²) < 4.78 is 36.4. The SMILES string of the molecule is Cc1ncc(N)cc1C(F)(F)F. The average molecular weight is 176 g/mol. The van der Waals surface area contributed by atoms with Crippen molar-refractivity contribution < 1.29 is 13.2 Å². The van der Waals surface area contributed by atoms with E-state index < -0.39 is 11.7 Å². The van der Waals surface area contributed by atoms with E-state index >= 15 is 0 Å². The number of nitrogens with zero attached hydrogens (tertiary/aromatic N) is 1. The largest absolute Gasteiger partial charge is 0.418 e. The summed E-state index contributed by atoms with van der Waals surface area (Å²) in [7, 11) is 0. The van der Waals surface area contributed by atoms with Gasteiger partial charge in [0.2, 0.25) is 0 Å². The molecule has 0 amide bonds. The van der Waals surface area contributed by atoms with Crippen molar-refractivity contribution in [2.45, 2.75) is 13.1 Å². The molecule has 0 aliphatic carbocycles. The maximum Gasteiger partial charge on any atom is 0.418 e. The highest BCUT2D eigenvalue weighted by Gasteiger charge is 2.32. The van der Waals surface area contributed by atoms with Gasteiger partial charge in [-0.1, -0.05) is 0 Å². The van der Waals surface area contributed by atoms with E-state index in [-0.39, 0.29) is 11.4 Å². The molecular weight excluding hydrogens is 169 g/mol. The van der Waals surface area contributed by atoms with Gasteiger partial charge >= 0.3 is 6.18 Å². The van der Waals surface area contributed by atoms with Crippen LogP contribution in [-0.4, -0.2) is 4.98 Å². The molecule has 12 heavy (non-hydrogen) atoms. The number of nitrogens with two attached hydrogens (primary N) is 1. The lowest BCUT2D eigenvalue weighted by atomic mass is 10.2. The van der Waals surface area contributed by atoms with Crippen LogP contribution in [-0.2, 0) is 6.18 Å². The fourth-order valence-electron chi connectivity index (χ4n) is 0.836. The second kappa shape index (κ2) is 2.66. The summed E-state index contributed by atoms with van der Waals surface area (Å²) in [5.41, 5.74) is 4.35. The summed E-state index contributed by atoms with van der Waals surface area (Å²) >= 11 is 0. The van der Waals surface area contributed by atoms with Gasteiger partial charge in [0.25, 0.3) is 0 Å². The lowest BCUT2D eigenvalue weighted by molar-refractivity contribution is -0.138. The Morgan fingerprint density at radius 3 is 2.42 bits per heavy atom. The lowest BCUT2D eigenvalue weighted by Crippen LogP contribution is -2.09. The minimum Gasteiger partial charge on any atom is -0.397 e. The predicted octanol–water partition coefficient (Wildman–Crippen LogP) is 1.99. The number of aryl methyl sites for hydroxylation is 1. The minimum absolute atomic E-state index is 0.0212. The third-order valence-electron chi connectivity index (χ3n) is 1.41. The summed E-state index contributed by atoms with van der Waals surface area (Å²) in [6.07, 6.45) is -3.17. The van der Waals surface area contributed by atoms with Crippen LogP contribution in [0.5, 0.6) is 0 Å². The molecule has 1 aromatic heterocycles. The third kappa shape index (κ3) is 1.66. The second-order valence-corrected chi connectivity index (χ2v) is 2.40. The first-order chi connectivity index (χ1) is 5.41. The summed E-state index contributed by atoms with van der Waals surface area (Å²) in [4.78, 5) is 3.50. The van der Waals surface area contributed by atoms with Gasteiger partial charge < -0.3 is 5.73 Å². The number of pyridine rings is 1. The lowest BCUT2D eigenvalue weighted by Gasteiger charge is -2.09. The Bertz CT molecular complexity index is 293. The van der Waals surface area contributed by atoms with Crippen LogP contribution >= 0.6 is 0 Å². The molecule has 66 valence electrons. The molecule has 5 heteroatoms. The molecule has 0 saturated carbocycles. The number of anilines is 1. The fourth-order valence-corrected chi connectivity index (χ4v) is 0.836. The Labute approximate surface area is 67.2 Å². The summed E-state index contributed by atoms with van der Waals surface area (Å²) in [6.45, 7) is 1.29. The Morgan fingerprint density at radius 1 is 1.42 bits per heavy atom. The van der Waals surface area contributed by atoms with Crippen molar-refractivity contribution in [2.24, 2.45) is 0 Å². The molecule has 0 fully saturated rings. The van der Waals surface area contributed by atoms with Gasteiger partial charge in [-0.2, -0.15) is 13.2 Å². The van der Waals surface area contributed by atoms with Crippen LogP contribution < -0.4 is 5.73 Å². The Hall–Kier alpha value is -1.26. The van der Waals surface area contributed by atoms with Crippen LogP contribution in [0.1, 0.15) is 11.3 Å². The van der Waals surface area contributed by atoms with Crippen LogP contribution in [0.15, 0.2) is 12.3 Å². The van der Waals surface area contributed by atoms with E-state index in [1.54, 1.807) is 0 Å². The van der Waals surface area contributed by atoms with Gasteiger partial charge in [0.05, 0.1) is 17.4 Å². The number of alkyl halides is 3. The Balaban J connectivity index is 3.23. The van der Waals surface area contributed by atoms with Gasteiger partial charge in [-0.15, -0.1) is 0 Å². The molecule has 2 N–H and O–H groups in total. The Morgan fingerprint density at radius 2 is 2.00 bits per heavy atom. The summed E-state index contributed by atoms with van der Waals surface area (Å²) in [5.74, 6) is 0. The van der Waals surface area contributed by atoms with Crippen LogP contribution in [0, 0.1) is 6.92 Å². The normalized spacial score (nSPS) is 11.7. The molecule has 0 aliphatic rings. The molecule has 0 aliphatic heterocycles. The minimum atomic E-state index is -4.37. The van der Waals surface area contributed by atoms with Crippen LogP contribution in [0.25, 0.3) is 0 Å². The van der Waals surface area contributed by atoms with E-state index in [9.17, 15) is 13.2 Å². The topological polar surface area (TPSA) is 38.9 Å². The van der Waals surface area contributed by atoms with E-state index in [1.807, 2.05) is 0 Å². The first-order valence-corrected chi connectivity index (χ1v) is 3.20. The van der Waals surface area contributed by atoms with Gasteiger partial charge in [0, 0.05) is 5.69 Å². The van der Waals surface area contributed by atoms with E-state index in [1.165, 1.54) is 13.1 Å². The zero-order valence-corrected chi connectivity index (χ0v) is 6.31. The quantitative estimate of drug-likeness (QED) is 0.656. The van der Waals surface area contributed by atoms with Gasteiger partial charge in [-0.05, 0) is 13.0 Å². The molecule has 1 rings (SSSR count). The van der Waals surface area contributed by atoms with Crippen molar-refractivity contribution in [3.8, 4) is 0 Å². The van der Waals surface area contributed by atoms with E-state index in [0.29, 0.717) is 0 Å². The van der Waals surface area contributed by atoms with Crippen molar-refractivity contribution in [3.63, 3.8) is 0 Å². The average Bonchev–Trinajstić information content (AvgIpc) is 1.92. The Kier molecular flexibility index (Phi) is 1.95. The number of rotatable bonds is 0. The third-order valence-corrected chi connectivity index (χ3v) is 1.41. The molecule has 2 nitrogen and oxygen atoms in total. The van der Waals surface area contributed by atoms with E-state index in [0.717, 1.165) is 6.07 Å². The second-order valence-electron chi connectivity index (χ2n) is 2.40. The highest BCUT2D eigenvalue weighted by atomic mass is 19.4. The van der Waals surface area contributed by atoms with Crippen LogP contribution in [0.2, 0.25) is 0 Å². The van der Waals surface area contributed by atoms with Gasteiger partial charge in [-0.3, -0.25) is 4.98 Å². The predicted molar refractivity (Wildman–Crippen MR) is 38.4 cm³/mol.